The molecule has 1 aliphatic heterocycles. The van der Waals surface area contributed by atoms with E-state index in [0.717, 1.165) is 5.01 Å². The molecule has 9 heteroatoms. The number of halogens is 3. The van der Waals surface area contributed by atoms with Crippen molar-refractivity contribution in [2.24, 2.45) is 0 Å². The van der Waals surface area contributed by atoms with E-state index in [1.54, 1.807) is 11.6 Å². The van der Waals surface area contributed by atoms with Gasteiger partial charge in [-0.3, -0.25) is 0 Å². The minimum absolute atomic E-state index is 0.147. The number of rotatable bonds is 1. The summed E-state index contributed by atoms with van der Waals surface area (Å²) >= 11 is 1.40. The molecule has 0 saturated carbocycles. The van der Waals surface area contributed by atoms with Gasteiger partial charge in [0.05, 0.1) is 0 Å². The average Bonchev–Trinajstić information content (AvgIpc) is 2.96. The van der Waals surface area contributed by atoms with Gasteiger partial charge in [-0.25, -0.2) is 9.67 Å². The molecule has 1 aliphatic rings. The maximum atomic E-state index is 12.6. The molecule has 1 atom stereocenters. The molecule has 96 valence electrons. The van der Waals surface area contributed by atoms with Gasteiger partial charge in [-0.2, -0.15) is 18.2 Å². The van der Waals surface area contributed by atoms with Crippen LogP contribution in [0.15, 0.2) is 11.6 Å². The van der Waals surface area contributed by atoms with Crippen LogP contribution in [0.25, 0.3) is 0 Å². The van der Waals surface area contributed by atoms with Crippen LogP contribution in [0.1, 0.15) is 23.3 Å². The number of anilines is 1. The van der Waals surface area contributed by atoms with E-state index in [0.29, 0.717) is 13.0 Å². The van der Waals surface area contributed by atoms with Crippen molar-refractivity contribution in [1.82, 2.24) is 19.7 Å². The van der Waals surface area contributed by atoms with E-state index in [-0.39, 0.29) is 12.0 Å². The Labute approximate surface area is 104 Å². The fourth-order valence-electron chi connectivity index (χ4n) is 1.85. The lowest BCUT2D eigenvalue weighted by molar-refractivity contribution is -0.145. The zero-order valence-electron chi connectivity index (χ0n) is 8.98. The molecule has 0 amide bonds. The van der Waals surface area contributed by atoms with E-state index < -0.39 is 12.0 Å². The summed E-state index contributed by atoms with van der Waals surface area (Å²) in [5.74, 6) is -0.970. The quantitative estimate of drug-likeness (QED) is 0.866. The van der Waals surface area contributed by atoms with E-state index in [1.165, 1.54) is 16.0 Å². The van der Waals surface area contributed by atoms with Gasteiger partial charge in [0, 0.05) is 18.1 Å². The van der Waals surface area contributed by atoms with Gasteiger partial charge in [0.1, 0.15) is 11.0 Å². The second-order valence-corrected chi connectivity index (χ2v) is 4.73. The summed E-state index contributed by atoms with van der Waals surface area (Å²) in [6.07, 6.45) is -2.26. The second kappa shape index (κ2) is 3.94. The maximum absolute atomic E-state index is 12.6. The van der Waals surface area contributed by atoms with Gasteiger partial charge in [-0.1, -0.05) is 0 Å². The predicted octanol–water partition coefficient (Wildman–Crippen LogP) is 2.16. The monoisotopic (exact) mass is 275 g/mol. The number of fused-ring (bicyclic) bond motifs is 1. The number of hydrogen-bond donors (Lipinski definition) is 1. The fourth-order valence-corrected chi connectivity index (χ4v) is 2.61. The lowest BCUT2D eigenvalue weighted by Gasteiger charge is -2.22. The molecule has 3 heterocycles. The van der Waals surface area contributed by atoms with Crippen molar-refractivity contribution in [2.75, 3.05) is 11.9 Å². The molecule has 0 spiro atoms. The average molecular weight is 275 g/mol. The minimum Gasteiger partial charge on any atom is -0.354 e. The van der Waals surface area contributed by atoms with E-state index in [9.17, 15) is 13.2 Å². The summed E-state index contributed by atoms with van der Waals surface area (Å²) in [5, 5.41) is 8.89. The van der Waals surface area contributed by atoms with Gasteiger partial charge in [0.15, 0.2) is 0 Å². The highest BCUT2D eigenvalue weighted by atomic mass is 32.1. The molecule has 0 aromatic carbocycles. The summed E-state index contributed by atoms with van der Waals surface area (Å²) in [7, 11) is 0. The molecule has 1 N–H and O–H groups in total. The Balaban J connectivity index is 2.03. The maximum Gasteiger partial charge on any atom is 0.453 e. The third-order valence-electron chi connectivity index (χ3n) is 2.62. The molecule has 2 aromatic heterocycles. The van der Waals surface area contributed by atoms with Gasteiger partial charge < -0.3 is 5.32 Å². The standard InChI is InChI=1S/C9H8F3N5S/c10-9(11,12)7-15-8-14-2-1-5(17(8)16-7)6-13-3-4-18-6/h3-5H,1-2H2,(H,14,15,16). The molecular weight excluding hydrogens is 267 g/mol. The number of hydrogen-bond acceptors (Lipinski definition) is 5. The largest absolute Gasteiger partial charge is 0.453 e. The Kier molecular flexibility index (Phi) is 2.51. The molecule has 0 radical (unpaired) electrons. The minimum atomic E-state index is -4.53. The van der Waals surface area contributed by atoms with Crippen molar-refractivity contribution >= 4 is 17.3 Å². The van der Waals surface area contributed by atoms with Crippen molar-refractivity contribution < 1.29 is 13.2 Å². The Morgan fingerprint density at radius 2 is 2.28 bits per heavy atom. The van der Waals surface area contributed by atoms with Gasteiger partial charge in [-0.15, -0.1) is 16.4 Å². The van der Waals surface area contributed by atoms with Gasteiger partial charge >= 0.3 is 6.18 Å². The van der Waals surface area contributed by atoms with E-state index >= 15 is 0 Å². The van der Waals surface area contributed by atoms with Crippen molar-refractivity contribution in [3.8, 4) is 0 Å². The van der Waals surface area contributed by atoms with E-state index in [2.05, 4.69) is 20.4 Å². The first-order valence-electron chi connectivity index (χ1n) is 5.23. The molecule has 0 bridgehead atoms. The summed E-state index contributed by atoms with van der Waals surface area (Å²) < 4.78 is 39.0. The van der Waals surface area contributed by atoms with Crippen molar-refractivity contribution in [3.05, 3.63) is 22.4 Å². The van der Waals surface area contributed by atoms with Crippen LogP contribution in [0.3, 0.4) is 0 Å². The topological polar surface area (TPSA) is 55.6 Å². The first-order valence-corrected chi connectivity index (χ1v) is 6.10. The highest BCUT2D eigenvalue weighted by Gasteiger charge is 2.39. The van der Waals surface area contributed by atoms with E-state index in [1.807, 2.05) is 0 Å². The van der Waals surface area contributed by atoms with Crippen LogP contribution >= 0.6 is 11.3 Å². The lowest BCUT2D eigenvalue weighted by Crippen LogP contribution is -2.24. The highest BCUT2D eigenvalue weighted by molar-refractivity contribution is 7.09. The van der Waals surface area contributed by atoms with Gasteiger partial charge in [0.2, 0.25) is 5.95 Å². The van der Waals surface area contributed by atoms with Crippen LogP contribution in [-0.4, -0.2) is 26.3 Å². The van der Waals surface area contributed by atoms with Crippen LogP contribution in [0.4, 0.5) is 19.1 Å². The third-order valence-corrected chi connectivity index (χ3v) is 3.49. The molecule has 0 aliphatic carbocycles. The number of nitrogens with zero attached hydrogens (tertiary/aromatic N) is 4. The smallest absolute Gasteiger partial charge is 0.354 e. The third kappa shape index (κ3) is 1.84. The number of thiazole rings is 1. The summed E-state index contributed by atoms with van der Waals surface area (Å²) in [6.45, 7) is 0.556. The van der Waals surface area contributed by atoms with Crippen molar-refractivity contribution in [1.29, 1.82) is 0 Å². The molecule has 1 unspecified atom stereocenters. The SMILES string of the molecule is FC(F)(F)c1nc2n(n1)C(c1nccs1)CCN2. The Bertz CT molecular complexity index is 547. The van der Waals surface area contributed by atoms with Crippen molar-refractivity contribution in [2.45, 2.75) is 18.6 Å². The fraction of sp³-hybridized carbons (Fsp3) is 0.444. The van der Waals surface area contributed by atoms with Crippen molar-refractivity contribution in [3.63, 3.8) is 0 Å². The molecule has 3 rings (SSSR count). The van der Waals surface area contributed by atoms with Gasteiger partial charge in [0.25, 0.3) is 5.82 Å². The molecule has 18 heavy (non-hydrogen) atoms. The number of alkyl halides is 3. The van der Waals surface area contributed by atoms with Gasteiger partial charge in [-0.05, 0) is 6.42 Å². The highest BCUT2D eigenvalue weighted by Crippen LogP contribution is 2.33. The Morgan fingerprint density at radius 3 is 2.94 bits per heavy atom. The zero-order valence-corrected chi connectivity index (χ0v) is 9.79. The predicted molar refractivity (Wildman–Crippen MR) is 58.4 cm³/mol. The zero-order chi connectivity index (χ0) is 12.8. The Morgan fingerprint density at radius 1 is 1.44 bits per heavy atom. The summed E-state index contributed by atoms with van der Waals surface area (Å²) in [5.41, 5.74) is 0. The first-order chi connectivity index (χ1) is 8.55. The van der Waals surface area contributed by atoms with Crippen LogP contribution in [0.2, 0.25) is 0 Å². The molecule has 5 nitrogen and oxygen atoms in total. The molecule has 0 saturated heterocycles. The van der Waals surface area contributed by atoms with Crippen LogP contribution in [0.5, 0.6) is 0 Å². The number of aromatic nitrogens is 4. The molecular formula is C9H8F3N5S. The molecule has 0 fully saturated rings. The normalized spacial score (nSPS) is 19.4. The summed E-state index contributed by atoms with van der Waals surface area (Å²) in [6, 6.07) is -0.273. The Hall–Kier alpha value is -1.64. The number of nitrogens with one attached hydrogen (secondary N) is 1. The lowest BCUT2D eigenvalue weighted by atomic mass is 10.2. The summed E-state index contributed by atoms with van der Waals surface area (Å²) in [4.78, 5) is 7.61. The van der Waals surface area contributed by atoms with Crippen LogP contribution in [0, 0.1) is 0 Å². The van der Waals surface area contributed by atoms with Crippen LogP contribution in [-0.2, 0) is 6.18 Å². The molecule has 2 aromatic rings. The van der Waals surface area contributed by atoms with Crippen LogP contribution < -0.4 is 5.32 Å². The van der Waals surface area contributed by atoms with E-state index in [4.69, 9.17) is 0 Å². The second-order valence-electron chi connectivity index (χ2n) is 3.80. The first kappa shape index (κ1) is 11.5.